The molecule has 0 saturated carbocycles. The highest BCUT2D eigenvalue weighted by molar-refractivity contribution is 5.35. The van der Waals surface area contributed by atoms with Crippen LogP contribution in [0, 0.1) is 12.7 Å². The Balaban J connectivity index is 1.80. The number of hydrogen-bond donors (Lipinski definition) is 1. The lowest BCUT2D eigenvalue weighted by Gasteiger charge is -2.27. The van der Waals surface area contributed by atoms with Crippen molar-refractivity contribution in [2.24, 2.45) is 0 Å². The number of hydrogen-bond acceptors (Lipinski definition) is 3. The number of aromatic nitrogens is 2. The fourth-order valence-corrected chi connectivity index (χ4v) is 2.77. The first kappa shape index (κ1) is 13.1. The van der Waals surface area contributed by atoms with Crippen molar-refractivity contribution in [3.8, 4) is 5.75 Å². The maximum absolute atomic E-state index is 13.7. The molecule has 0 spiro atoms. The van der Waals surface area contributed by atoms with Crippen LogP contribution >= 0.6 is 0 Å². The van der Waals surface area contributed by atoms with Gasteiger partial charge in [0.25, 0.3) is 0 Å². The molecule has 1 aromatic heterocycles. The van der Waals surface area contributed by atoms with E-state index in [1.807, 2.05) is 13.0 Å². The Morgan fingerprint density at radius 1 is 1.45 bits per heavy atom. The number of nitrogens with zero attached hydrogens (tertiary/aromatic N) is 2. The third-order valence-corrected chi connectivity index (χ3v) is 3.85. The number of halogens is 1. The minimum atomic E-state index is -0.304. The second-order valence-electron chi connectivity index (χ2n) is 5.17. The molecule has 0 atom stereocenters. The molecule has 5 heteroatoms. The lowest BCUT2D eigenvalue weighted by Crippen LogP contribution is -2.30. The van der Waals surface area contributed by atoms with Crippen molar-refractivity contribution in [1.82, 2.24) is 15.1 Å². The number of benzene rings is 1. The quantitative estimate of drug-likeness (QED) is 0.935. The van der Waals surface area contributed by atoms with Crippen molar-refractivity contribution in [2.75, 3.05) is 13.7 Å². The standard InChI is InChI=1S/C15H18FN3O/c1-10-12-9-19(7-6-14(12)18-17-10)8-11-4-3-5-13(16)15(11)20-2/h3-5H,6-9H2,1-2H3,(H,17,18). The monoisotopic (exact) mass is 275 g/mol. The van der Waals surface area contributed by atoms with E-state index < -0.39 is 0 Å². The number of rotatable bonds is 3. The van der Waals surface area contributed by atoms with Crippen molar-refractivity contribution in [3.63, 3.8) is 0 Å². The molecule has 3 rings (SSSR count). The summed E-state index contributed by atoms with van der Waals surface area (Å²) >= 11 is 0. The van der Waals surface area contributed by atoms with Crippen molar-refractivity contribution in [2.45, 2.75) is 26.4 Å². The number of aryl methyl sites for hydroxylation is 1. The van der Waals surface area contributed by atoms with Gasteiger partial charge in [-0.1, -0.05) is 12.1 Å². The highest BCUT2D eigenvalue weighted by Crippen LogP contribution is 2.26. The number of H-pyrrole nitrogens is 1. The molecule has 0 radical (unpaired) electrons. The van der Waals surface area contributed by atoms with Gasteiger partial charge in [-0.25, -0.2) is 4.39 Å². The molecule has 1 aliphatic heterocycles. The van der Waals surface area contributed by atoms with E-state index >= 15 is 0 Å². The first-order chi connectivity index (χ1) is 9.69. The van der Waals surface area contributed by atoms with Gasteiger partial charge in [0.2, 0.25) is 0 Å². The van der Waals surface area contributed by atoms with E-state index in [2.05, 4.69) is 15.1 Å². The molecule has 4 nitrogen and oxygen atoms in total. The normalized spacial score (nSPS) is 15.2. The predicted molar refractivity (Wildman–Crippen MR) is 74.1 cm³/mol. The molecule has 0 amide bonds. The van der Waals surface area contributed by atoms with E-state index in [1.54, 1.807) is 6.07 Å². The van der Waals surface area contributed by atoms with Gasteiger partial charge in [0.15, 0.2) is 11.6 Å². The molecule has 0 saturated heterocycles. The molecular formula is C15H18FN3O. The van der Waals surface area contributed by atoms with E-state index in [0.717, 1.165) is 36.5 Å². The van der Waals surface area contributed by atoms with Crippen LogP contribution in [-0.2, 0) is 19.5 Å². The Morgan fingerprint density at radius 3 is 3.10 bits per heavy atom. The Bertz CT molecular complexity index is 624. The van der Waals surface area contributed by atoms with Gasteiger partial charge < -0.3 is 4.74 Å². The third kappa shape index (κ3) is 2.29. The number of aromatic amines is 1. The van der Waals surface area contributed by atoms with Crippen molar-refractivity contribution < 1.29 is 9.13 Å². The fraction of sp³-hybridized carbons (Fsp3) is 0.400. The molecular weight excluding hydrogens is 257 g/mol. The first-order valence-electron chi connectivity index (χ1n) is 6.75. The van der Waals surface area contributed by atoms with Crippen LogP contribution in [0.5, 0.6) is 5.75 Å². The minimum Gasteiger partial charge on any atom is -0.493 e. The molecule has 0 unspecified atom stereocenters. The highest BCUT2D eigenvalue weighted by Gasteiger charge is 2.21. The van der Waals surface area contributed by atoms with Gasteiger partial charge in [0, 0.05) is 42.9 Å². The van der Waals surface area contributed by atoms with Crippen LogP contribution in [0.15, 0.2) is 18.2 Å². The summed E-state index contributed by atoms with van der Waals surface area (Å²) in [4.78, 5) is 2.29. The van der Waals surface area contributed by atoms with Crippen LogP contribution in [0.2, 0.25) is 0 Å². The van der Waals surface area contributed by atoms with Crippen LogP contribution in [0.1, 0.15) is 22.5 Å². The van der Waals surface area contributed by atoms with Crippen LogP contribution in [0.3, 0.4) is 0 Å². The zero-order valence-corrected chi connectivity index (χ0v) is 11.7. The molecule has 20 heavy (non-hydrogen) atoms. The van der Waals surface area contributed by atoms with Gasteiger partial charge in [-0.2, -0.15) is 5.10 Å². The molecule has 0 fully saturated rings. The Hall–Kier alpha value is -1.88. The summed E-state index contributed by atoms with van der Waals surface area (Å²) in [5.41, 5.74) is 4.43. The average Bonchev–Trinajstić information content (AvgIpc) is 2.81. The summed E-state index contributed by atoms with van der Waals surface area (Å²) in [6, 6.07) is 5.07. The number of nitrogens with one attached hydrogen (secondary N) is 1. The van der Waals surface area contributed by atoms with Gasteiger partial charge in [-0.3, -0.25) is 10.00 Å². The molecule has 0 aliphatic carbocycles. The van der Waals surface area contributed by atoms with E-state index in [0.29, 0.717) is 12.3 Å². The Kier molecular flexibility index (Phi) is 3.44. The van der Waals surface area contributed by atoms with Crippen molar-refractivity contribution >= 4 is 0 Å². The maximum atomic E-state index is 13.7. The van der Waals surface area contributed by atoms with Crippen molar-refractivity contribution in [3.05, 3.63) is 46.5 Å². The van der Waals surface area contributed by atoms with Crippen LogP contribution in [0.25, 0.3) is 0 Å². The highest BCUT2D eigenvalue weighted by atomic mass is 19.1. The lowest BCUT2D eigenvalue weighted by molar-refractivity contribution is 0.239. The summed E-state index contributed by atoms with van der Waals surface area (Å²) in [6.45, 7) is 4.50. The fourth-order valence-electron chi connectivity index (χ4n) is 2.77. The van der Waals surface area contributed by atoms with Crippen LogP contribution < -0.4 is 4.74 Å². The number of fused-ring (bicyclic) bond motifs is 1. The Morgan fingerprint density at radius 2 is 2.30 bits per heavy atom. The molecule has 2 aromatic rings. The SMILES string of the molecule is COc1c(F)cccc1CN1CCc2n[nH]c(C)c2C1. The largest absolute Gasteiger partial charge is 0.493 e. The van der Waals surface area contributed by atoms with Crippen molar-refractivity contribution in [1.29, 1.82) is 0 Å². The molecule has 1 N–H and O–H groups in total. The summed E-state index contributed by atoms with van der Waals surface area (Å²) in [5.74, 6) is 0.0457. The van der Waals surface area contributed by atoms with Gasteiger partial charge in [-0.05, 0) is 13.0 Å². The number of ether oxygens (including phenoxy) is 1. The summed E-state index contributed by atoms with van der Waals surface area (Å²) in [5, 5.41) is 7.34. The van der Waals surface area contributed by atoms with Gasteiger partial charge in [-0.15, -0.1) is 0 Å². The second-order valence-corrected chi connectivity index (χ2v) is 5.17. The van der Waals surface area contributed by atoms with Crippen LogP contribution in [-0.4, -0.2) is 28.8 Å². The zero-order chi connectivity index (χ0) is 14.1. The third-order valence-electron chi connectivity index (χ3n) is 3.85. The lowest BCUT2D eigenvalue weighted by atomic mass is 10.0. The van der Waals surface area contributed by atoms with Gasteiger partial charge in [0.1, 0.15) is 0 Å². The van der Waals surface area contributed by atoms with E-state index in [4.69, 9.17) is 4.74 Å². The van der Waals surface area contributed by atoms with Gasteiger partial charge >= 0.3 is 0 Å². The minimum absolute atomic E-state index is 0.304. The Labute approximate surface area is 117 Å². The maximum Gasteiger partial charge on any atom is 0.165 e. The predicted octanol–water partition coefficient (Wildman–Crippen LogP) is 2.42. The average molecular weight is 275 g/mol. The first-order valence-corrected chi connectivity index (χ1v) is 6.75. The number of methoxy groups -OCH3 is 1. The molecule has 1 aliphatic rings. The second kappa shape index (κ2) is 5.25. The van der Waals surface area contributed by atoms with Gasteiger partial charge in [0.05, 0.1) is 12.8 Å². The molecule has 0 bridgehead atoms. The topological polar surface area (TPSA) is 41.1 Å². The number of para-hydroxylation sites is 1. The van der Waals surface area contributed by atoms with E-state index in [1.165, 1.54) is 18.7 Å². The summed E-state index contributed by atoms with van der Waals surface area (Å²) < 4.78 is 18.9. The van der Waals surface area contributed by atoms with E-state index in [9.17, 15) is 4.39 Å². The zero-order valence-electron chi connectivity index (χ0n) is 11.7. The molecule has 1 aromatic carbocycles. The summed E-state index contributed by atoms with van der Waals surface area (Å²) in [7, 11) is 1.51. The summed E-state index contributed by atoms with van der Waals surface area (Å²) in [6.07, 6.45) is 0.928. The molecule has 106 valence electrons. The van der Waals surface area contributed by atoms with Crippen LogP contribution in [0.4, 0.5) is 4.39 Å². The smallest absolute Gasteiger partial charge is 0.165 e. The van der Waals surface area contributed by atoms with E-state index in [-0.39, 0.29) is 5.82 Å². The molecule has 2 heterocycles.